The molecule has 0 aliphatic heterocycles. The highest BCUT2D eigenvalue weighted by molar-refractivity contribution is 7.10. The van der Waals surface area contributed by atoms with Crippen molar-refractivity contribution in [2.45, 2.75) is 26.4 Å². The summed E-state index contributed by atoms with van der Waals surface area (Å²) >= 11 is 1.65. The smallest absolute Gasteiger partial charge is 0.408 e. The van der Waals surface area contributed by atoms with Crippen LogP contribution in [0.25, 0.3) is 11.1 Å². The van der Waals surface area contributed by atoms with Gasteiger partial charge in [0.15, 0.2) is 5.58 Å². The lowest BCUT2D eigenvalue weighted by atomic mass is 10.0. The SMILES string of the molecule is CCn1c(=O)oc2cc(C(N)c3sccc3C)ccc21. The van der Waals surface area contributed by atoms with E-state index in [0.29, 0.717) is 12.1 Å². The lowest BCUT2D eigenvalue weighted by molar-refractivity contribution is 0.513. The molecule has 0 aliphatic carbocycles. The van der Waals surface area contributed by atoms with Crippen LogP contribution < -0.4 is 11.5 Å². The van der Waals surface area contributed by atoms with E-state index < -0.39 is 0 Å². The second-order valence-corrected chi connectivity index (χ2v) is 5.73. The third-order valence-corrected chi connectivity index (χ3v) is 4.65. The summed E-state index contributed by atoms with van der Waals surface area (Å²) < 4.78 is 6.90. The van der Waals surface area contributed by atoms with Crippen molar-refractivity contribution in [2.24, 2.45) is 5.73 Å². The Labute approximate surface area is 120 Å². The van der Waals surface area contributed by atoms with E-state index in [-0.39, 0.29) is 11.8 Å². The van der Waals surface area contributed by atoms with Gasteiger partial charge in [0.1, 0.15) is 0 Å². The number of hydrogen-bond donors (Lipinski definition) is 1. The number of thiophene rings is 1. The number of benzene rings is 1. The van der Waals surface area contributed by atoms with E-state index in [1.807, 2.05) is 30.5 Å². The second-order valence-electron chi connectivity index (χ2n) is 4.78. The Morgan fingerprint density at radius 1 is 1.40 bits per heavy atom. The Morgan fingerprint density at radius 2 is 2.20 bits per heavy atom. The van der Waals surface area contributed by atoms with Gasteiger partial charge in [-0.25, -0.2) is 4.79 Å². The second kappa shape index (κ2) is 4.92. The molecule has 20 heavy (non-hydrogen) atoms. The molecule has 2 heterocycles. The zero-order chi connectivity index (χ0) is 14.3. The molecule has 3 aromatic rings. The van der Waals surface area contributed by atoms with Crippen molar-refractivity contribution in [3.8, 4) is 0 Å². The molecule has 104 valence electrons. The van der Waals surface area contributed by atoms with Crippen molar-refractivity contribution < 1.29 is 4.42 Å². The highest BCUT2D eigenvalue weighted by atomic mass is 32.1. The third kappa shape index (κ3) is 1.99. The molecule has 1 atom stereocenters. The van der Waals surface area contributed by atoms with Crippen LogP contribution in [0.1, 0.15) is 29.0 Å². The van der Waals surface area contributed by atoms with Crippen molar-refractivity contribution in [3.05, 3.63) is 56.2 Å². The first kappa shape index (κ1) is 13.1. The number of nitrogens with zero attached hydrogens (tertiary/aromatic N) is 1. The molecule has 5 heteroatoms. The Bertz CT molecular complexity index is 813. The molecule has 2 aromatic heterocycles. The van der Waals surface area contributed by atoms with Gasteiger partial charge in [-0.2, -0.15) is 0 Å². The summed E-state index contributed by atoms with van der Waals surface area (Å²) in [6, 6.07) is 7.61. The summed E-state index contributed by atoms with van der Waals surface area (Å²) in [6.45, 7) is 4.57. The highest BCUT2D eigenvalue weighted by Crippen LogP contribution is 2.29. The molecular weight excluding hydrogens is 272 g/mol. The molecule has 0 fully saturated rings. The third-order valence-electron chi connectivity index (χ3n) is 3.55. The first-order chi connectivity index (χ1) is 9.61. The monoisotopic (exact) mass is 288 g/mol. The van der Waals surface area contributed by atoms with Crippen LogP contribution in [-0.4, -0.2) is 4.57 Å². The molecule has 0 saturated carbocycles. The number of hydrogen-bond acceptors (Lipinski definition) is 4. The van der Waals surface area contributed by atoms with Gasteiger partial charge in [0.2, 0.25) is 0 Å². The topological polar surface area (TPSA) is 61.2 Å². The van der Waals surface area contributed by atoms with Gasteiger partial charge in [-0.1, -0.05) is 6.07 Å². The predicted octanol–water partition coefficient (Wildman–Crippen LogP) is 3.03. The van der Waals surface area contributed by atoms with Crippen molar-refractivity contribution in [1.82, 2.24) is 4.57 Å². The lowest BCUT2D eigenvalue weighted by Gasteiger charge is -2.11. The molecular formula is C15H16N2O2S. The highest BCUT2D eigenvalue weighted by Gasteiger charge is 2.15. The van der Waals surface area contributed by atoms with Crippen LogP contribution in [0.4, 0.5) is 0 Å². The Morgan fingerprint density at radius 3 is 2.85 bits per heavy atom. The molecule has 0 bridgehead atoms. The quantitative estimate of drug-likeness (QED) is 0.805. The maximum absolute atomic E-state index is 11.7. The van der Waals surface area contributed by atoms with Gasteiger partial charge in [-0.3, -0.25) is 4.57 Å². The molecule has 1 aromatic carbocycles. The normalized spacial score (nSPS) is 12.9. The van der Waals surface area contributed by atoms with Crippen LogP contribution >= 0.6 is 11.3 Å². The summed E-state index contributed by atoms with van der Waals surface area (Å²) in [5.74, 6) is -0.319. The molecule has 0 saturated heterocycles. The minimum absolute atomic E-state index is 0.185. The summed E-state index contributed by atoms with van der Waals surface area (Å²) in [5, 5.41) is 2.04. The molecule has 4 nitrogen and oxygen atoms in total. The predicted molar refractivity (Wildman–Crippen MR) is 81.2 cm³/mol. The molecule has 2 N–H and O–H groups in total. The Balaban J connectivity index is 2.10. The Hall–Kier alpha value is -1.85. The van der Waals surface area contributed by atoms with Crippen LogP contribution in [0.2, 0.25) is 0 Å². The number of nitrogens with two attached hydrogens (primary N) is 1. The fourth-order valence-corrected chi connectivity index (χ4v) is 3.39. The van der Waals surface area contributed by atoms with E-state index in [0.717, 1.165) is 16.0 Å². The minimum atomic E-state index is -0.319. The molecule has 0 spiro atoms. The fourth-order valence-electron chi connectivity index (χ4n) is 2.43. The number of rotatable bonds is 3. The molecule has 3 rings (SSSR count). The summed E-state index contributed by atoms with van der Waals surface area (Å²) in [5.41, 5.74) is 9.87. The van der Waals surface area contributed by atoms with Crippen molar-refractivity contribution in [3.63, 3.8) is 0 Å². The largest absolute Gasteiger partial charge is 0.419 e. The average Bonchev–Trinajstić information content (AvgIpc) is 2.99. The van der Waals surface area contributed by atoms with Crippen molar-refractivity contribution in [1.29, 1.82) is 0 Å². The summed E-state index contributed by atoms with van der Waals surface area (Å²) in [7, 11) is 0. The van der Waals surface area contributed by atoms with Crippen molar-refractivity contribution >= 4 is 22.4 Å². The molecule has 0 aliphatic rings. The van der Waals surface area contributed by atoms with Crippen LogP contribution in [0.3, 0.4) is 0 Å². The molecule has 0 amide bonds. The Kier molecular flexibility index (Phi) is 3.23. The molecule has 0 radical (unpaired) electrons. The van der Waals surface area contributed by atoms with E-state index in [1.54, 1.807) is 15.9 Å². The maximum atomic E-state index is 11.7. The number of fused-ring (bicyclic) bond motifs is 1. The van der Waals surface area contributed by atoms with Crippen LogP contribution in [-0.2, 0) is 6.54 Å². The van der Waals surface area contributed by atoms with Gasteiger partial charge in [-0.05, 0) is 48.6 Å². The van der Waals surface area contributed by atoms with Gasteiger partial charge in [0.05, 0.1) is 11.6 Å². The van der Waals surface area contributed by atoms with Gasteiger partial charge in [0.25, 0.3) is 0 Å². The first-order valence-corrected chi connectivity index (χ1v) is 7.42. The van der Waals surface area contributed by atoms with Crippen LogP contribution in [0.15, 0.2) is 38.9 Å². The van der Waals surface area contributed by atoms with Gasteiger partial charge >= 0.3 is 5.76 Å². The van der Waals surface area contributed by atoms with Crippen LogP contribution in [0.5, 0.6) is 0 Å². The standard InChI is InChI=1S/C15H16N2O2S/c1-3-17-11-5-4-10(8-12(11)19-15(17)18)13(16)14-9(2)6-7-20-14/h4-8,13H,3,16H2,1-2H3. The number of aromatic nitrogens is 1. The van der Waals surface area contributed by atoms with E-state index in [4.69, 9.17) is 10.2 Å². The lowest BCUT2D eigenvalue weighted by Crippen LogP contribution is -2.12. The van der Waals surface area contributed by atoms with Gasteiger partial charge in [0, 0.05) is 11.4 Å². The fraction of sp³-hybridized carbons (Fsp3) is 0.267. The summed E-state index contributed by atoms with van der Waals surface area (Å²) in [6.07, 6.45) is 0. The van der Waals surface area contributed by atoms with E-state index in [9.17, 15) is 4.79 Å². The maximum Gasteiger partial charge on any atom is 0.419 e. The average molecular weight is 288 g/mol. The zero-order valence-corrected chi connectivity index (χ0v) is 12.2. The van der Waals surface area contributed by atoms with Crippen LogP contribution in [0, 0.1) is 6.92 Å². The number of oxazole rings is 1. The number of aryl methyl sites for hydroxylation is 2. The van der Waals surface area contributed by atoms with Crippen molar-refractivity contribution in [2.75, 3.05) is 0 Å². The van der Waals surface area contributed by atoms with E-state index >= 15 is 0 Å². The first-order valence-electron chi connectivity index (χ1n) is 6.54. The summed E-state index contributed by atoms with van der Waals surface area (Å²) in [4.78, 5) is 12.8. The minimum Gasteiger partial charge on any atom is -0.408 e. The zero-order valence-electron chi connectivity index (χ0n) is 11.4. The van der Waals surface area contributed by atoms with E-state index in [2.05, 4.69) is 13.0 Å². The van der Waals surface area contributed by atoms with E-state index in [1.165, 1.54) is 5.56 Å². The van der Waals surface area contributed by atoms with Gasteiger partial charge < -0.3 is 10.2 Å². The molecule has 1 unspecified atom stereocenters. The van der Waals surface area contributed by atoms with Gasteiger partial charge in [-0.15, -0.1) is 11.3 Å².